The molecular formula is C12H13ClN2O3S2. The molecule has 0 aliphatic carbocycles. The van der Waals surface area contributed by atoms with Crippen LogP contribution in [-0.4, -0.2) is 20.5 Å². The average Bonchev–Trinajstić information content (AvgIpc) is 2.76. The zero-order chi connectivity index (χ0) is 14.9. The van der Waals surface area contributed by atoms with E-state index in [1.54, 1.807) is 25.3 Å². The molecule has 0 unspecified atom stereocenters. The van der Waals surface area contributed by atoms with E-state index in [1.807, 2.05) is 0 Å². The summed E-state index contributed by atoms with van der Waals surface area (Å²) in [4.78, 5) is 4.19. The summed E-state index contributed by atoms with van der Waals surface area (Å²) in [6, 6.07) is 2.96. The lowest BCUT2D eigenvalue weighted by Crippen LogP contribution is -2.14. The summed E-state index contributed by atoms with van der Waals surface area (Å²) in [6.45, 7) is 3.48. The topological polar surface area (TPSA) is 68.3 Å². The molecule has 1 heterocycles. The van der Waals surface area contributed by atoms with Crippen molar-refractivity contribution in [2.45, 2.75) is 18.7 Å². The van der Waals surface area contributed by atoms with Crippen LogP contribution in [0.4, 0.5) is 5.13 Å². The normalized spacial score (nSPS) is 11.4. The molecule has 0 radical (unpaired) electrons. The second kappa shape index (κ2) is 5.59. The summed E-state index contributed by atoms with van der Waals surface area (Å²) in [5.41, 5.74) is 1.31. The fraction of sp³-hybridized carbons (Fsp3) is 0.250. The van der Waals surface area contributed by atoms with E-state index < -0.39 is 10.0 Å². The van der Waals surface area contributed by atoms with Crippen molar-refractivity contribution in [2.24, 2.45) is 0 Å². The monoisotopic (exact) mass is 332 g/mol. The molecule has 0 saturated heterocycles. The molecule has 1 aromatic heterocycles. The minimum absolute atomic E-state index is 0.108. The summed E-state index contributed by atoms with van der Waals surface area (Å²) in [5.74, 6) is 0.438. The highest BCUT2D eigenvalue weighted by molar-refractivity contribution is 7.93. The number of benzene rings is 1. The first kappa shape index (κ1) is 15.1. The summed E-state index contributed by atoms with van der Waals surface area (Å²) in [5, 5.41) is 2.34. The number of hydrogen-bond donors (Lipinski definition) is 1. The van der Waals surface area contributed by atoms with Crippen LogP contribution < -0.4 is 9.46 Å². The second-order valence-electron chi connectivity index (χ2n) is 4.15. The number of aryl methyl sites for hydroxylation is 2. The molecule has 5 nitrogen and oxygen atoms in total. The fourth-order valence-electron chi connectivity index (χ4n) is 1.65. The molecule has 2 aromatic rings. The SMILES string of the molecule is COc1cc(C)c(S(=O)(=O)Nc2nc(C)cs2)cc1Cl. The van der Waals surface area contributed by atoms with Crippen molar-refractivity contribution in [3.05, 3.63) is 33.8 Å². The van der Waals surface area contributed by atoms with Crippen LogP contribution in [0.15, 0.2) is 22.4 Å². The third-order valence-electron chi connectivity index (χ3n) is 2.58. The third kappa shape index (κ3) is 3.05. The van der Waals surface area contributed by atoms with Gasteiger partial charge in [-0.15, -0.1) is 11.3 Å². The van der Waals surface area contributed by atoms with Crippen molar-refractivity contribution in [3.63, 3.8) is 0 Å². The van der Waals surface area contributed by atoms with E-state index in [0.29, 0.717) is 16.4 Å². The molecule has 20 heavy (non-hydrogen) atoms. The molecule has 0 saturated carbocycles. The molecule has 108 valence electrons. The van der Waals surface area contributed by atoms with E-state index in [1.165, 1.54) is 24.5 Å². The first-order valence-electron chi connectivity index (χ1n) is 5.62. The number of halogens is 1. The Balaban J connectivity index is 2.41. The molecule has 0 aliphatic rings. The zero-order valence-corrected chi connectivity index (χ0v) is 13.5. The molecule has 2 rings (SSSR count). The van der Waals surface area contributed by atoms with E-state index >= 15 is 0 Å². The standard InChI is InChI=1S/C12H13ClN2O3S2/c1-7-4-10(18-3)9(13)5-11(7)20(16,17)15-12-14-8(2)6-19-12/h4-6H,1-3H3,(H,14,15). The molecule has 0 atom stereocenters. The number of nitrogens with zero attached hydrogens (tertiary/aromatic N) is 1. The van der Waals surface area contributed by atoms with Crippen molar-refractivity contribution >= 4 is 38.1 Å². The quantitative estimate of drug-likeness (QED) is 0.933. The van der Waals surface area contributed by atoms with Crippen molar-refractivity contribution in [1.82, 2.24) is 4.98 Å². The third-order valence-corrected chi connectivity index (χ3v) is 5.36. The maximum absolute atomic E-state index is 12.3. The van der Waals surface area contributed by atoms with Gasteiger partial charge in [0.1, 0.15) is 5.75 Å². The van der Waals surface area contributed by atoms with Crippen LogP contribution in [0, 0.1) is 13.8 Å². The van der Waals surface area contributed by atoms with Crippen LogP contribution in [0.5, 0.6) is 5.75 Å². The Morgan fingerprint density at radius 3 is 2.60 bits per heavy atom. The Morgan fingerprint density at radius 2 is 2.05 bits per heavy atom. The van der Waals surface area contributed by atoms with Gasteiger partial charge < -0.3 is 4.74 Å². The first-order chi connectivity index (χ1) is 9.33. The van der Waals surface area contributed by atoms with Crippen molar-refractivity contribution < 1.29 is 13.2 Å². The van der Waals surface area contributed by atoms with Crippen molar-refractivity contribution in [3.8, 4) is 5.75 Å². The smallest absolute Gasteiger partial charge is 0.263 e. The van der Waals surface area contributed by atoms with E-state index in [9.17, 15) is 8.42 Å². The second-order valence-corrected chi connectivity index (χ2v) is 7.07. The largest absolute Gasteiger partial charge is 0.495 e. The summed E-state index contributed by atoms with van der Waals surface area (Å²) < 4.78 is 32.2. The van der Waals surface area contributed by atoms with Gasteiger partial charge in [0.15, 0.2) is 5.13 Å². The van der Waals surface area contributed by atoms with Gasteiger partial charge in [0.2, 0.25) is 0 Å². The number of aromatic nitrogens is 1. The van der Waals surface area contributed by atoms with Crippen LogP contribution in [0.2, 0.25) is 5.02 Å². The average molecular weight is 333 g/mol. The van der Waals surface area contributed by atoms with Gasteiger partial charge in [-0.3, -0.25) is 4.72 Å². The molecule has 0 amide bonds. The molecule has 0 spiro atoms. The minimum Gasteiger partial charge on any atom is -0.495 e. The van der Waals surface area contributed by atoms with Crippen LogP contribution in [0.25, 0.3) is 0 Å². The Morgan fingerprint density at radius 1 is 1.35 bits per heavy atom. The highest BCUT2D eigenvalue weighted by Crippen LogP contribution is 2.31. The predicted octanol–water partition coefficient (Wildman–Crippen LogP) is 3.22. The summed E-state index contributed by atoms with van der Waals surface area (Å²) >= 11 is 7.21. The molecule has 1 N–H and O–H groups in total. The lowest BCUT2D eigenvalue weighted by Gasteiger charge is -2.11. The maximum Gasteiger partial charge on any atom is 0.263 e. The van der Waals surface area contributed by atoms with Gasteiger partial charge >= 0.3 is 0 Å². The fourth-order valence-corrected chi connectivity index (χ4v) is 4.15. The van der Waals surface area contributed by atoms with E-state index in [-0.39, 0.29) is 9.92 Å². The van der Waals surface area contributed by atoms with E-state index in [0.717, 1.165) is 5.69 Å². The Bertz CT molecular complexity index is 741. The molecule has 1 aromatic carbocycles. The predicted molar refractivity (Wildman–Crippen MR) is 80.4 cm³/mol. The lowest BCUT2D eigenvalue weighted by molar-refractivity contribution is 0.414. The van der Waals surface area contributed by atoms with Gasteiger partial charge in [-0.2, -0.15) is 0 Å². The lowest BCUT2D eigenvalue weighted by atomic mass is 10.2. The first-order valence-corrected chi connectivity index (χ1v) is 8.36. The van der Waals surface area contributed by atoms with Crippen LogP contribution >= 0.6 is 22.9 Å². The van der Waals surface area contributed by atoms with Gasteiger partial charge in [0.25, 0.3) is 10.0 Å². The molecule has 0 aliphatic heterocycles. The van der Waals surface area contributed by atoms with Gasteiger partial charge in [0, 0.05) is 5.38 Å². The Kier molecular flexibility index (Phi) is 4.22. The molecule has 0 fully saturated rings. The van der Waals surface area contributed by atoms with Gasteiger partial charge in [-0.1, -0.05) is 11.6 Å². The van der Waals surface area contributed by atoms with Crippen molar-refractivity contribution in [2.75, 3.05) is 11.8 Å². The number of hydrogen-bond acceptors (Lipinski definition) is 5. The number of ether oxygens (including phenoxy) is 1. The highest BCUT2D eigenvalue weighted by Gasteiger charge is 2.20. The molecule has 8 heteroatoms. The molecular weight excluding hydrogens is 320 g/mol. The van der Waals surface area contributed by atoms with Gasteiger partial charge in [-0.25, -0.2) is 13.4 Å². The van der Waals surface area contributed by atoms with Gasteiger partial charge in [0.05, 0.1) is 22.7 Å². The Hall–Kier alpha value is -1.31. The number of sulfonamides is 1. The van der Waals surface area contributed by atoms with E-state index in [2.05, 4.69) is 9.71 Å². The van der Waals surface area contributed by atoms with Crippen LogP contribution in [0.1, 0.15) is 11.3 Å². The zero-order valence-electron chi connectivity index (χ0n) is 11.1. The number of anilines is 1. The minimum atomic E-state index is -3.72. The van der Waals surface area contributed by atoms with Crippen molar-refractivity contribution in [1.29, 1.82) is 0 Å². The van der Waals surface area contributed by atoms with Gasteiger partial charge in [-0.05, 0) is 31.5 Å². The Labute approximate surface area is 126 Å². The number of methoxy groups -OCH3 is 1. The highest BCUT2D eigenvalue weighted by atomic mass is 35.5. The number of rotatable bonds is 4. The number of thiazole rings is 1. The van der Waals surface area contributed by atoms with E-state index in [4.69, 9.17) is 16.3 Å². The summed E-state index contributed by atoms with van der Waals surface area (Å²) in [6.07, 6.45) is 0. The summed E-state index contributed by atoms with van der Waals surface area (Å²) in [7, 11) is -2.24. The van der Waals surface area contributed by atoms with Crippen LogP contribution in [0.3, 0.4) is 0 Å². The molecule has 0 bridgehead atoms. The maximum atomic E-state index is 12.3. The number of nitrogens with one attached hydrogen (secondary N) is 1. The van der Waals surface area contributed by atoms with Crippen LogP contribution in [-0.2, 0) is 10.0 Å².